The Morgan fingerprint density at radius 2 is 1.83 bits per heavy atom. The predicted molar refractivity (Wildman–Crippen MR) is 74.2 cm³/mol. The SMILES string of the molecule is O=C(O)c1coc(C(=O)NCC2(C(F)(F)F)CCCCCC2)c1. The monoisotopic (exact) mass is 333 g/mol. The van der Waals surface area contributed by atoms with Crippen LogP contribution in [0, 0.1) is 5.41 Å². The highest BCUT2D eigenvalue weighted by Gasteiger charge is 2.54. The number of hydrogen-bond donors (Lipinski definition) is 2. The summed E-state index contributed by atoms with van der Waals surface area (Å²) in [5.74, 6) is -2.43. The van der Waals surface area contributed by atoms with Gasteiger partial charge in [0.1, 0.15) is 6.26 Å². The van der Waals surface area contributed by atoms with Crippen molar-refractivity contribution in [2.45, 2.75) is 44.7 Å². The number of rotatable bonds is 4. The lowest BCUT2D eigenvalue weighted by atomic mass is 9.79. The fraction of sp³-hybridized carbons (Fsp3) is 0.600. The molecule has 1 saturated carbocycles. The molecule has 8 heteroatoms. The minimum Gasteiger partial charge on any atom is -0.478 e. The van der Waals surface area contributed by atoms with Gasteiger partial charge in [0.05, 0.1) is 11.0 Å². The van der Waals surface area contributed by atoms with Gasteiger partial charge in [0.2, 0.25) is 0 Å². The molecule has 1 aliphatic rings. The number of carbonyl (C=O) groups excluding carboxylic acids is 1. The molecular formula is C15H18F3NO4. The molecule has 0 unspecified atom stereocenters. The molecule has 1 heterocycles. The van der Waals surface area contributed by atoms with E-state index in [2.05, 4.69) is 5.32 Å². The molecule has 0 atom stereocenters. The highest BCUT2D eigenvalue weighted by molar-refractivity contribution is 5.95. The molecule has 1 aromatic heterocycles. The third-order valence-corrected chi connectivity index (χ3v) is 4.32. The zero-order valence-corrected chi connectivity index (χ0v) is 12.4. The molecule has 1 amide bonds. The van der Waals surface area contributed by atoms with Crippen molar-refractivity contribution in [3.8, 4) is 0 Å². The number of carbonyl (C=O) groups is 2. The van der Waals surface area contributed by atoms with Crippen LogP contribution in [0.15, 0.2) is 16.7 Å². The minimum atomic E-state index is -4.40. The number of carboxylic acid groups (broad SMARTS) is 1. The second-order valence-corrected chi connectivity index (χ2v) is 5.88. The van der Waals surface area contributed by atoms with Crippen molar-refractivity contribution >= 4 is 11.9 Å². The van der Waals surface area contributed by atoms with Crippen molar-refractivity contribution in [3.05, 3.63) is 23.7 Å². The highest BCUT2D eigenvalue weighted by Crippen LogP contribution is 2.47. The van der Waals surface area contributed by atoms with Crippen LogP contribution in [0.3, 0.4) is 0 Å². The lowest BCUT2D eigenvalue weighted by Gasteiger charge is -2.35. The van der Waals surface area contributed by atoms with E-state index >= 15 is 0 Å². The van der Waals surface area contributed by atoms with Gasteiger partial charge < -0.3 is 14.8 Å². The number of hydrogen-bond acceptors (Lipinski definition) is 3. The number of furan rings is 1. The predicted octanol–water partition coefficient (Wildman–Crippen LogP) is 3.61. The van der Waals surface area contributed by atoms with E-state index in [0.717, 1.165) is 25.2 Å². The maximum absolute atomic E-state index is 13.5. The van der Waals surface area contributed by atoms with E-state index < -0.39 is 30.0 Å². The van der Waals surface area contributed by atoms with Crippen molar-refractivity contribution in [1.82, 2.24) is 5.32 Å². The number of nitrogens with one attached hydrogen (secondary N) is 1. The average molecular weight is 333 g/mol. The fourth-order valence-electron chi connectivity index (χ4n) is 2.87. The maximum atomic E-state index is 13.5. The quantitative estimate of drug-likeness (QED) is 0.825. The van der Waals surface area contributed by atoms with Crippen LogP contribution in [0.25, 0.3) is 0 Å². The van der Waals surface area contributed by atoms with E-state index in [1.807, 2.05) is 0 Å². The van der Waals surface area contributed by atoms with Crippen LogP contribution in [0.1, 0.15) is 59.4 Å². The summed E-state index contributed by atoms with van der Waals surface area (Å²) in [4.78, 5) is 22.6. The van der Waals surface area contributed by atoms with Crippen LogP contribution >= 0.6 is 0 Å². The Labute approximate surface area is 130 Å². The van der Waals surface area contributed by atoms with Crippen LogP contribution in [-0.2, 0) is 0 Å². The molecule has 1 fully saturated rings. The number of halogens is 3. The van der Waals surface area contributed by atoms with Gasteiger partial charge in [-0.05, 0) is 12.8 Å². The van der Waals surface area contributed by atoms with Gasteiger partial charge in [-0.15, -0.1) is 0 Å². The van der Waals surface area contributed by atoms with E-state index in [1.54, 1.807) is 0 Å². The van der Waals surface area contributed by atoms with E-state index in [1.165, 1.54) is 0 Å². The van der Waals surface area contributed by atoms with E-state index in [4.69, 9.17) is 9.52 Å². The summed E-state index contributed by atoms with van der Waals surface area (Å²) in [5, 5.41) is 11.0. The molecule has 128 valence electrons. The lowest BCUT2D eigenvalue weighted by molar-refractivity contribution is -0.226. The fourth-order valence-corrected chi connectivity index (χ4v) is 2.87. The summed E-state index contributed by atoms with van der Waals surface area (Å²) in [5.41, 5.74) is -2.16. The molecule has 0 aromatic carbocycles. The zero-order valence-electron chi connectivity index (χ0n) is 12.4. The van der Waals surface area contributed by atoms with Gasteiger partial charge in [-0.3, -0.25) is 4.79 Å². The van der Waals surface area contributed by atoms with Crippen LogP contribution in [0.5, 0.6) is 0 Å². The Bertz CT molecular complexity index is 572. The molecule has 0 spiro atoms. The van der Waals surface area contributed by atoms with Crippen LogP contribution in [-0.4, -0.2) is 29.7 Å². The van der Waals surface area contributed by atoms with Gasteiger partial charge in [0.25, 0.3) is 5.91 Å². The summed E-state index contributed by atoms with van der Waals surface area (Å²) >= 11 is 0. The van der Waals surface area contributed by atoms with Crippen molar-refractivity contribution in [2.75, 3.05) is 6.54 Å². The molecule has 0 aliphatic heterocycles. The van der Waals surface area contributed by atoms with E-state index in [9.17, 15) is 22.8 Å². The largest absolute Gasteiger partial charge is 0.478 e. The first-order valence-electron chi connectivity index (χ1n) is 7.42. The number of alkyl halides is 3. The van der Waals surface area contributed by atoms with Gasteiger partial charge in [-0.1, -0.05) is 25.7 Å². The first-order chi connectivity index (χ1) is 10.8. The summed E-state index contributed by atoms with van der Waals surface area (Å²) in [6.45, 7) is -0.529. The number of amides is 1. The van der Waals surface area contributed by atoms with Crippen LogP contribution in [0.2, 0.25) is 0 Å². The smallest absolute Gasteiger partial charge is 0.396 e. The Balaban J connectivity index is 2.08. The maximum Gasteiger partial charge on any atom is 0.396 e. The molecule has 1 aliphatic carbocycles. The third kappa shape index (κ3) is 3.86. The van der Waals surface area contributed by atoms with E-state index in [-0.39, 0.29) is 24.2 Å². The van der Waals surface area contributed by atoms with Crippen molar-refractivity contribution in [1.29, 1.82) is 0 Å². The highest BCUT2D eigenvalue weighted by atomic mass is 19.4. The summed E-state index contributed by atoms with van der Waals surface area (Å²) in [6, 6.07) is 0.991. The topological polar surface area (TPSA) is 79.5 Å². The molecule has 0 radical (unpaired) electrons. The minimum absolute atomic E-state index is 0.0185. The van der Waals surface area contributed by atoms with Crippen LogP contribution in [0.4, 0.5) is 13.2 Å². The lowest BCUT2D eigenvalue weighted by Crippen LogP contribution is -2.47. The Kier molecular flexibility index (Phi) is 5.01. The average Bonchev–Trinajstić information content (AvgIpc) is 2.83. The zero-order chi connectivity index (χ0) is 17.1. The first-order valence-corrected chi connectivity index (χ1v) is 7.42. The van der Waals surface area contributed by atoms with Crippen molar-refractivity contribution in [3.63, 3.8) is 0 Å². The molecule has 0 bridgehead atoms. The van der Waals surface area contributed by atoms with Crippen molar-refractivity contribution in [2.24, 2.45) is 5.41 Å². The van der Waals surface area contributed by atoms with E-state index in [0.29, 0.717) is 12.8 Å². The molecule has 1 aromatic rings. The first kappa shape index (κ1) is 17.4. The van der Waals surface area contributed by atoms with Crippen molar-refractivity contribution < 1.29 is 32.3 Å². The molecule has 2 rings (SSSR count). The Hall–Kier alpha value is -1.99. The molecule has 23 heavy (non-hydrogen) atoms. The van der Waals surface area contributed by atoms with Gasteiger partial charge in [0, 0.05) is 12.6 Å². The van der Waals surface area contributed by atoms with Gasteiger partial charge in [-0.25, -0.2) is 4.79 Å². The summed E-state index contributed by atoms with van der Waals surface area (Å²) < 4.78 is 45.3. The second kappa shape index (κ2) is 6.64. The number of carboxylic acids is 1. The standard InChI is InChI=1S/C15H18F3NO4/c16-15(17,18)14(5-3-1-2-4-6-14)9-19-12(20)11-7-10(8-23-11)13(21)22/h7-8H,1-6,9H2,(H,19,20)(H,21,22). The molecule has 5 nitrogen and oxygen atoms in total. The van der Waals surface area contributed by atoms with Crippen LogP contribution < -0.4 is 5.32 Å². The van der Waals surface area contributed by atoms with Gasteiger partial charge >= 0.3 is 12.1 Å². The van der Waals surface area contributed by atoms with Gasteiger partial charge in [0.15, 0.2) is 5.76 Å². The normalized spacial score (nSPS) is 18.2. The Morgan fingerprint density at radius 1 is 1.22 bits per heavy atom. The Morgan fingerprint density at radius 3 is 2.30 bits per heavy atom. The summed E-state index contributed by atoms with van der Waals surface area (Å²) in [6.07, 6.45) is -1.11. The summed E-state index contributed by atoms with van der Waals surface area (Å²) in [7, 11) is 0. The number of aromatic carboxylic acids is 1. The molecule has 0 saturated heterocycles. The second-order valence-electron chi connectivity index (χ2n) is 5.88. The molecular weight excluding hydrogens is 315 g/mol. The van der Waals surface area contributed by atoms with Gasteiger partial charge in [-0.2, -0.15) is 13.2 Å². The third-order valence-electron chi connectivity index (χ3n) is 4.32. The molecule has 2 N–H and O–H groups in total.